The molecule has 0 aromatic heterocycles. The van der Waals surface area contributed by atoms with Crippen LogP contribution in [0.4, 0.5) is 0 Å². The minimum Gasteiger partial charge on any atom is -0.357 e. The average Bonchev–Trinajstić information content (AvgIpc) is 3.32. The van der Waals surface area contributed by atoms with Crippen molar-refractivity contribution in [3.8, 4) is 0 Å². The third-order valence-electron chi connectivity index (χ3n) is 6.29. The first-order chi connectivity index (χ1) is 11.7. The van der Waals surface area contributed by atoms with E-state index in [4.69, 9.17) is 4.99 Å². The Kier molecular flexibility index (Phi) is 6.43. The Morgan fingerprint density at radius 2 is 1.83 bits per heavy atom. The number of hydrogen-bond acceptors (Lipinski definition) is 2. The molecule has 0 spiro atoms. The highest BCUT2D eigenvalue weighted by Gasteiger charge is 2.34. The maximum Gasteiger partial charge on any atom is 0.191 e. The van der Waals surface area contributed by atoms with Crippen LogP contribution in [0.15, 0.2) is 4.99 Å². The summed E-state index contributed by atoms with van der Waals surface area (Å²) in [7, 11) is 0. The van der Waals surface area contributed by atoms with E-state index >= 15 is 0 Å². The molecule has 1 saturated heterocycles. The summed E-state index contributed by atoms with van der Waals surface area (Å²) in [6.07, 6.45) is 9.52. The molecule has 1 atom stereocenters. The highest BCUT2D eigenvalue weighted by molar-refractivity contribution is 5.80. The molecule has 0 radical (unpaired) electrons. The number of nitrogens with one attached hydrogen (secondary N) is 2. The van der Waals surface area contributed by atoms with Gasteiger partial charge in [0.05, 0.1) is 0 Å². The molecular weight excluding hydrogens is 296 g/mol. The Morgan fingerprint density at radius 1 is 1.08 bits per heavy atom. The second-order valence-corrected chi connectivity index (χ2v) is 8.60. The number of nitrogens with zero attached hydrogens (tertiary/aromatic N) is 2. The minimum atomic E-state index is 0.615. The van der Waals surface area contributed by atoms with Crippen LogP contribution in [0.1, 0.15) is 65.7 Å². The van der Waals surface area contributed by atoms with E-state index in [0.29, 0.717) is 6.04 Å². The van der Waals surface area contributed by atoms with Crippen molar-refractivity contribution >= 4 is 5.96 Å². The van der Waals surface area contributed by atoms with E-state index < -0.39 is 0 Å². The van der Waals surface area contributed by atoms with Crippen LogP contribution in [0.25, 0.3) is 0 Å². The predicted molar refractivity (Wildman–Crippen MR) is 102 cm³/mol. The van der Waals surface area contributed by atoms with E-state index in [0.717, 1.165) is 42.8 Å². The van der Waals surface area contributed by atoms with Crippen molar-refractivity contribution in [1.29, 1.82) is 0 Å². The van der Waals surface area contributed by atoms with Crippen LogP contribution in [0, 0.1) is 17.8 Å². The van der Waals surface area contributed by atoms with E-state index in [9.17, 15) is 0 Å². The van der Waals surface area contributed by atoms with Gasteiger partial charge in [-0.1, -0.05) is 13.8 Å². The molecule has 0 aromatic rings. The third kappa shape index (κ3) is 5.11. The molecule has 4 heteroatoms. The number of aliphatic imine (C=N–C) groups is 1. The summed E-state index contributed by atoms with van der Waals surface area (Å²) in [5, 5.41) is 7.17. The lowest BCUT2D eigenvalue weighted by molar-refractivity contribution is 0.250. The van der Waals surface area contributed by atoms with Crippen LogP contribution in [0.2, 0.25) is 0 Å². The van der Waals surface area contributed by atoms with Gasteiger partial charge in [-0.3, -0.25) is 4.99 Å². The van der Waals surface area contributed by atoms with Gasteiger partial charge in [0, 0.05) is 31.7 Å². The molecule has 3 aliphatic rings. The summed E-state index contributed by atoms with van der Waals surface area (Å²) in [6, 6.07) is 1.53. The Morgan fingerprint density at radius 3 is 2.46 bits per heavy atom. The lowest BCUT2D eigenvalue weighted by Gasteiger charge is -2.32. The Labute approximate surface area is 148 Å². The largest absolute Gasteiger partial charge is 0.357 e. The molecule has 0 bridgehead atoms. The van der Waals surface area contributed by atoms with Gasteiger partial charge in [-0.25, -0.2) is 0 Å². The molecule has 2 N–H and O–H groups in total. The molecule has 0 aromatic carbocycles. The van der Waals surface area contributed by atoms with Crippen molar-refractivity contribution in [1.82, 2.24) is 15.5 Å². The maximum atomic E-state index is 4.93. The molecule has 24 heavy (non-hydrogen) atoms. The zero-order chi connectivity index (χ0) is 16.9. The first-order valence-corrected chi connectivity index (χ1v) is 10.4. The summed E-state index contributed by atoms with van der Waals surface area (Å²) in [6.45, 7) is 11.4. The van der Waals surface area contributed by atoms with Crippen molar-refractivity contribution in [3.63, 3.8) is 0 Å². The number of likely N-dealkylation sites (tertiary alicyclic amines) is 1. The van der Waals surface area contributed by atoms with Gasteiger partial charge in [0.15, 0.2) is 5.96 Å². The quantitative estimate of drug-likeness (QED) is 0.579. The van der Waals surface area contributed by atoms with Crippen LogP contribution in [-0.4, -0.2) is 49.1 Å². The van der Waals surface area contributed by atoms with Gasteiger partial charge in [-0.15, -0.1) is 0 Å². The van der Waals surface area contributed by atoms with E-state index in [1.165, 1.54) is 58.0 Å². The highest BCUT2D eigenvalue weighted by atomic mass is 15.2. The zero-order valence-electron chi connectivity index (χ0n) is 16.1. The third-order valence-corrected chi connectivity index (χ3v) is 6.29. The summed E-state index contributed by atoms with van der Waals surface area (Å²) in [4.78, 5) is 7.61. The highest BCUT2D eigenvalue weighted by Crippen LogP contribution is 2.32. The Hall–Kier alpha value is -0.770. The van der Waals surface area contributed by atoms with Gasteiger partial charge in [-0.05, 0) is 76.2 Å². The van der Waals surface area contributed by atoms with E-state index in [1.54, 1.807) is 0 Å². The molecule has 2 saturated carbocycles. The minimum absolute atomic E-state index is 0.615. The summed E-state index contributed by atoms with van der Waals surface area (Å²) >= 11 is 0. The summed E-state index contributed by atoms with van der Waals surface area (Å²) in [5.41, 5.74) is 0. The first-order valence-electron chi connectivity index (χ1n) is 10.4. The lowest BCUT2D eigenvalue weighted by atomic mass is 9.80. The van der Waals surface area contributed by atoms with E-state index in [1.807, 2.05) is 0 Å². The normalized spacial score (nSPS) is 32.3. The predicted octanol–water partition coefficient (Wildman–Crippen LogP) is 3.24. The van der Waals surface area contributed by atoms with Crippen molar-refractivity contribution in [3.05, 3.63) is 0 Å². The summed E-state index contributed by atoms with van der Waals surface area (Å²) in [5.74, 6) is 3.58. The average molecular weight is 335 g/mol. The maximum absolute atomic E-state index is 4.93. The molecule has 0 amide bonds. The lowest BCUT2D eigenvalue weighted by Crippen LogP contribution is -2.45. The molecule has 2 aliphatic carbocycles. The van der Waals surface area contributed by atoms with Gasteiger partial charge in [0.2, 0.25) is 0 Å². The fraction of sp³-hybridized carbons (Fsp3) is 0.950. The second-order valence-electron chi connectivity index (χ2n) is 8.60. The van der Waals surface area contributed by atoms with Gasteiger partial charge in [0.25, 0.3) is 0 Å². The van der Waals surface area contributed by atoms with Crippen molar-refractivity contribution < 1.29 is 0 Å². The van der Waals surface area contributed by atoms with Crippen LogP contribution < -0.4 is 10.6 Å². The SMILES string of the molecule is CCNC(=NCC1CCN(C2CC2)C1)NC1CCC(C(C)C)CC1. The fourth-order valence-electron chi connectivity index (χ4n) is 4.45. The molecular formula is C20H38N4. The number of guanidine groups is 1. The van der Waals surface area contributed by atoms with Crippen LogP contribution in [0.5, 0.6) is 0 Å². The molecule has 3 fully saturated rings. The summed E-state index contributed by atoms with van der Waals surface area (Å²) < 4.78 is 0. The Balaban J connectivity index is 1.44. The molecule has 138 valence electrons. The second kappa shape index (κ2) is 8.55. The number of rotatable bonds is 6. The zero-order valence-corrected chi connectivity index (χ0v) is 16.1. The van der Waals surface area contributed by atoms with Crippen molar-refractivity contribution in [2.24, 2.45) is 22.7 Å². The Bertz CT molecular complexity index is 408. The molecule has 1 heterocycles. The fourth-order valence-corrected chi connectivity index (χ4v) is 4.45. The van der Waals surface area contributed by atoms with E-state index in [2.05, 4.69) is 36.3 Å². The first kappa shape index (κ1) is 18.0. The van der Waals surface area contributed by atoms with Gasteiger partial charge in [-0.2, -0.15) is 0 Å². The monoisotopic (exact) mass is 334 g/mol. The molecule has 3 rings (SSSR count). The van der Waals surface area contributed by atoms with Crippen molar-refractivity contribution in [2.45, 2.75) is 77.8 Å². The van der Waals surface area contributed by atoms with Crippen LogP contribution in [0.3, 0.4) is 0 Å². The van der Waals surface area contributed by atoms with E-state index in [-0.39, 0.29) is 0 Å². The molecule has 1 aliphatic heterocycles. The molecule has 4 nitrogen and oxygen atoms in total. The van der Waals surface area contributed by atoms with Gasteiger partial charge >= 0.3 is 0 Å². The topological polar surface area (TPSA) is 39.7 Å². The smallest absolute Gasteiger partial charge is 0.191 e. The van der Waals surface area contributed by atoms with Gasteiger partial charge < -0.3 is 15.5 Å². The van der Waals surface area contributed by atoms with Crippen LogP contribution in [-0.2, 0) is 0 Å². The van der Waals surface area contributed by atoms with Crippen molar-refractivity contribution in [2.75, 3.05) is 26.2 Å². The van der Waals surface area contributed by atoms with Crippen LogP contribution >= 0.6 is 0 Å². The standard InChI is InChI=1S/C20H38N4/c1-4-21-20(23-18-7-5-17(6-8-18)15(2)3)22-13-16-11-12-24(14-16)19-9-10-19/h15-19H,4-14H2,1-3H3,(H2,21,22,23). The van der Waals surface area contributed by atoms with Gasteiger partial charge in [0.1, 0.15) is 0 Å². The molecule has 1 unspecified atom stereocenters. The number of hydrogen-bond donors (Lipinski definition) is 2.